The molecule has 0 bridgehead atoms. The molecule has 18 heavy (non-hydrogen) atoms. The highest BCUT2D eigenvalue weighted by molar-refractivity contribution is 5.41. The van der Waals surface area contributed by atoms with Crippen LogP contribution in [0, 0.1) is 5.82 Å². The lowest BCUT2D eigenvalue weighted by atomic mass is 9.97. The first-order valence-corrected chi connectivity index (χ1v) is 5.96. The Balaban J connectivity index is 1.86. The molecule has 1 aliphatic heterocycles. The molecule has 1 unspecified atom stereocenters. The summed E-state index contributed by atoms with van der Waals surface area (Å²) < 4.78 is 18.7. The smallest absolute Gasteiger partial charge is 0.124 e. The average Bonchev–Trinajstić information content (AvgIpc) is 2.39. The quantitative estimate of drug-likeness (QED) is 0.830. The lowest BCUT2D eigenvalue weighted by Gasteiger charge is -2.26. The third-order valence-electron chi connectivity index (χ3n) is 3.23. The van der Waals surface area contributed by atoms with Gasteiger partial charge in [0.2, 0.25) is 0 Å². The molecule has 1 atom stereocenters. The fraction of sp³-hybridized carbons (Fsp3) is 0.200. The largest absolute Gasteiger partial charge is 0.508 e. The molecule has 92 valence electrons. The molecule has 0 radical (unpaired) electrons. The van der Waals surface area contributed by atoms with Crippen LogP contribution in [-0.2, 0) is 6.42 Å². The minimum Gasteiger partial charge on any atom is -0.508 e. The van der Waals surface area contributed by atoms with E-state index in [1.165, 1.54) is 12.1 Å². The van der Waals surface area contributed by atoms with Gasteiger partial charge in [0, 0.05) is 0 Å². The van der Waals surface area contributed by atoms with Crippen molar-refractivity contribution in [2.24, 2.45) is 0 Å². The number of halogens is 1. The van der Waals surface area contributed by atoms with Gasteiger partial charge in [0.05, 0.1) is 0 Å². The van der Waals surface area contributed by atoms with E-state index in [-0.39, 0.29) is 17.7 Å². The summed E-state index contributed by atoms with van der Waals surface area (Å²) in [5.74, 6) is 0.825. The minimum atomic E-state index is -0.236. The van der Waals surface area contributed by atoms with Crippen molar-refractivity contribution in [3.8, 4) is 11.5 Å². The number of aryl methyl sites for hydroxylation is 1. The molecule has 0 saturated heterocycles. The van der Waals surface area contributed by atoms with Crippen LogP contribution in [0.1, 0.15) is 23.7 Å². The van der Waals surface area contributed by atoms with Crippen LogP contribution < -0.4 is 4.74 Å². The standard InChI is InChI=1S/C15H13FO2/c16-12-4-1-10(2-5-12)14-7-3-11-9-13(17)6-8-15(11)18-14/h1-2,4-6,8-9,14,17H,3,7H2. The molecular formula is C15H13FO2. The number of benzene rings is 2. The number of rotatable bonds is 1. The molecule has 2 aromatic rings. The van der Waals surface area contributed by atoms with Gasteiger partial charge in [-0.3, -0.25) is 0 Å². The Morgan fingerprint density at radius 1 is 1.11 bits per heavy atom. The number of fused-ring (bicyclic) bond motifs is 1. The van der Waals surface area contributed by atoms with Gasteiger partial charge >= 0.3 is 0 Å². The molecule has 1 heterocycles. The maximum atomic E-state index is 12.9. The molecule has 3 rings (SSSR count). The highest BCUT2D eigenvalue weighted by atomic mass is 19.1. The predicted molar refractivity (Wildman–Crippen MR) is 66.2 cm³/mol. The number of ether oxygens (including phenoxy) is 1. The molecule has 0 fully saturated rings. The van der Waals surface area contributed by atoms with Gasteiger partial charge in [-0.25, -0.2) is 4.39 Å². The van der Waals surface area contributed by atoms with E-state index in [1.54, 1.807) is 30.3 Å². The second-order valence-corrected chi connectivity index (χ2v) is 4.49. The molecule has 1 aliphatic rings. The molecule has 0 saturated carbocycles. The molecule has 2 nitrogen and oxygen atoms in total. The van der Waals surface area contributed by atoms with Gasteiger partial charge in [-0.1, -0.05) is 12.1 Å². The van der Waals surface area contributed by atoms with Gasteiger partial charge in [0.25, 0.3) is 0 Å². The lowest BCUT2D eigenvalue weighted by Crippen LogP contribution is -2.14. The van der Waals surface area contributed by atoms with Crippen LogP contribution in [0.25, 0.3) is 0 Å². The van der Waals surface area contributed by atoms with Crippen LogP contribution in [0.2, 0.25) is 0 Å². The van der Waals surface area contributed by atoms with Gasteiger partial charge in [-0.2, -0.15) is 0 Å². The molecule has 0 aromatic heterocycles. The second kappa shape index (κ2) is 4.33. The Labute approximate surface area is 105 Å². The zero-order chi connectivity index (χ0) is 12.5. The second-order valence-electron chi connectivity index (χ2n) is 4.49. The van der Waals surface area contributed by atoms with Gasteiger partial charge in [0.15, 0.2) is 0 Å². The summed E-state index contributed by atoms with van der Waals surface area (Å²) in [4.78, 5) is 0. The fourth-order valence-corrected chi connectivity index (χ4v) is 2.29. The van der Waals surface area contributed by atoms with Crippen LogP contribution >= 0.6 is 0 Å². The van der Waals surface area contributed by atoms with Crippen molar-refractivity contribution >= 4 is 0 Å². The van der Waals surface area contributed by atoms with Crippen molar-refractivity contribution in [3.63, 3.8) is 0 Å². The number of hydrogen-bond acceptors (Lipinski definition) is 2. The van der Waals surface area contributed by atoms with Crippen molar-refractivity contribution in [1.29, 1.82) is 0 Å². The fourth-order valence-electron chi connectivity index (χ4n) is 2.29. The molecular weight excluding hydrogens is 231 g/mol. The molecule has 0 aliphatic carbocycles. The van der Waals surface area contributed by atoms with E-state index in [9.17, 15) is 9.50 Å². The van der Waals surface area contributed by atoms with Crippen LogP contribution in [0.4, 0.5) is 4.39 Å². The number of aromatic hydroxyl groups is 1. The first-order chi connectivity index (χ1) is 8.72. The lowest BCUT2D eigenvalue weighted by molar-refractivity contribution is 0.176. The van der Waals surface area contributed by atoms with Crippen molar-refractivity contribution in [1.82, 2.24) is 0 Å². The summed E-state index contributed by atoms with van der Waals surface area (Å²) >= 11 is 0. The van der Waals surface area contributed by atoms with Crippen molar-refractivity contribution in [3.05, 3.63) is 59.4 Å². The molecule has 3 heteroatoms. The van der Waals surface area contributed by atoms with E-state index in [0.29, 0.717) is 0 Å². The maximum Gasteiger partial charge on any atom is 0.124 e. The third-order valence-corrected chi connectivity index (χ3v) is 3.23. The van der Waals surface area contributed by atoms with E-state index in [2.05, 4.69) is 0 Å². The minimum absolute atomic E-state index is 0.0392. The van der Waals surface area contributed by atoms with Crippen LogP contribution in [0.15, 0.2) is 42.5 Å². The summed E-state index contributed by atoms with van der Waals surface area (Å²) in [6.07, 6.45) is 1.65. The van der Waals surface area contributed by atoms with Crippen LogP contribution in [-0.4, -0.2) is 5.11 Å². The highest BCUT2D eigenvalue weighted by Crippen LogP contribution is 2.36. The Morgan fingerprint density at radius 2 is 1.89 bits per heavy atom. The Bertz CT molecular complexity index is 563. The van der Waals surface area contributed by atoms with E-state index >= 15 is 0 Å². The Morgan fingerprint density at radius 3 is 2.67 bits per heavy atom. The van der Waals surface area contributed by atoms with Crippen molar-refractivity contribution < 1.29 is 14.2 Å². The van der Waals surface area contributed by atoms with Gasteiger partial charge in [0.1, 0.15) is 23.4 Å². The van der Waals surface area contributed by atoms with E-state index in [4.69, 9.17) is 4.74 Å². The summed E-state index contributed by atoms with van der Waals surface area (Å²) in [6, 6.07) is 11.5. The topological polar surface area (TPSA) is 29.5 Å². The normalized spacial score (nSPS) is 17.9. The summed E-state index contributed by atoms with van der Waals surface area (Å²) in [5, 5.41) is 9.40. The first kappa shape index (κ1) is 11.1. The molecule has 2 aromatic carbocycles. The zero-order valence-corrected chi connectivity index (χ0v) is 9.77. The van der Waals surface area contributed by atoms with Crippen LogP contribution in [0.3, 0.4) is 0 Å². The SMILES string of the molecule is Oc1ccc2c(c1)CCC(c1ccc(F)cc1)O2. The maximum absolute atomic E-state index is 12.9. The summed E-state index contributed by atoms with van der Waals surface area (Å²) in [5.41, 5.74) is 2.00. The predicted octanol–water partition coefficient (Wildman–Crippen LogP) is 3.60. The Kier molecular flexibility index (Phi) is 2.67. The van der Waals surface area contributed by atoms with Crippen LogP contribution in [0.5, 0.6) is 11.5 Å². The number of phenols is 1. The molecule has 0 amide bonds. The van der Waals surface area contributed by atoms with Crippen molar-refractivity contribution in [2.75, 3.05) is 0 Å². The average molecular weight is 244 g/mol. The summed E-state index contributed by atoms with van der Waals surface area (Å²) in [6.45, 7) is 0. The van der Waals surface area contributed by atoms with Crippen molar-refractivity contribution in [2.45, 2.75) is 18.9 Å². The van der Waals surface area contributed by atoms with E-state index < -0.39 is 0 Å². The van der Waals surface area contributed by atoms with E-state index in [1.807, 2.05) is 0 Å². The van der Waals surface area contributed by atoms with E-state index in [0.717, 1.165) is 29.7 Å². The van der Waals surface area contributed by atoms with Gasteiger partial charge in [-0.05, 0) is 54.3 Å². The highest BCUT2D eigenvalue weighted by Gasteiger charge is 2.21. The number of hydrogen-bond donors (Lipinski definition) is 1. The number of phenolic OH excluding ortho intramolecular Hbond substituents is 1. The van der Waals surface area contributed by atoms with Gasteiger partial charge < -0.3 is 9.84 Å². The molecule has 0 spiro atoms. The monoisotopic (exact) mass is 244 g/mol. The Hall–Kier alpha value is -2.03. The summed E-state index contributed by atoms with van der Waals surface area (Å²) in [7, 11) is 0. The zero-order valence-electron chi connectivity index (χ0n) is 9.77. The third kappa shape index (κ3) is 2.04. The molecule has 1 N–H and O–H groups in total. The van der Waals surface area contributed by atoms with Gasteiger partial charge in [-0.15, -0.1) is 0 Å². The first-order valence-electron chi connectivity index (χ1n) is 5.96.